The van der Waals surface area contributed by atoms with Gasteiger partial charge in [-0.3, -0.25) is 9.59 Å². The molecule has 0 bridgehead atoms. The Bertz CT molecular complexity index is 325. The number of unbranched alkanes of at least 4 members (excludes halogenated alkanes) is 7. The molecule has 0 saturated carbocycles. The van der Waals surface area contributed by atoms with Crippen molar-refractivity contribution in [2.75, 3.05) is 14.2 Å². The fourth-order valence-corrected chi connectivity index (χ4v) is 2.08. The van der Waals surface area contributed by atoms with E-state index < -0.39 is 6.29 Å². The number of methoxy groups -OCH3 is 2. The monoisotopic (exact) mass is 314 g/mol. The Morgan fingerprint density at radius 2 is 1.41 bits per heavy atom. The SMILES string of the molecule is COC(=O)CCCCCCCCCCC(=O)C=CC(O)OC. The molecular formula is C17H30O5. The molecule has 0 heterocycles. The summed E-state index contributed by atoms with van der Waals surface area (Å²) < 4.78 is 9.19. The van der Waals surface area contributed by atoms with Crippen LogP contribution in [0.1, 0.15) is 64.2 Å². The molecule has 5 heteroatoms. The Kier molecular flexibility index (Phi) is 13.9. The number of ketones is 1. The summed E-state index contributed by atoms with van der Waals surface area (Å²) in [5.74, 6) is -0.101. The molecule has 0 aromatic heterocycles. The minimum Gasteiger partial charge on any atom is -0.469 e. The zero-order chi connectivity index (χ0) is 16.6. The smallest absolute Gasteiger partial charge is 0.305 e. The molecule has 0 fully saturated rings. The molecule has 1 N–H and O–H groups in total. The van der Waals surface area contributed by atoms with Gasteiger partial charge in [-0.05, 0) is 25.0 Å². The molecule has 128 valence electrons. The number of carbonyl (C=O) groups excluding carboxylic acids is 2. The third-order valence-corrected chi connectivity index (χ3v) is 3.47. The maximum absolute atomic E-state index is 11.5. The maximum Gasteiger partial charge on any atom is 0.305 e. The normalized spacial score (nSPS) is 12.5. The molecule has 0 aliphatic rings. The molecule has 0 spiro atoms. The van der Waals surface area contributed by atoms with E-state index in [0.29, 0.717) is 12.8 Å². The van der Waals surface area contributed by atoms with E-state index in [-0.39, 0.29) is 11.8 Å². The van der Waals surface area contributed by atoms with Gasteiger partial charge in [-0.25, -0.2) is 0 Å². The predicted octanol–water partition coefficient (Wildman–Crippen LogP) is 3.15. The van der Waals surface area contributed by atoms with Crippen LogP contribution in [0.3, 0.4) is 0 Å². The lowest BCUT2D eigenvalue weighted by Crippen LogP contribution is -2.05. The van der Waals surface area contributed by atoms with Gasteiger partial charge < -0.3 is 14.6 Å². The second-order valence-electron chi connectivity index (χ2n) is 5.36. The molecule has 0 aromatic carbocycles. The Morgan fingerprint density at radius 3 is 1.91 bits per heavy atom. The molecule has 1 atom stereocenters. The second-order valence-corrected chi connectivity index (χ2v) is 5.36. The topological polar surface area (TPSA) is 72.8 Å². The first-order valence-electron chi connectivity index (χ1n) is 8.09. The molecule has 0 rings (SSSR count). The van der Waals surface area contributed by atoms with Gasteiger partial charge in [0.1, 0.15) is 0 Å². The van der Waals surface area contributed by atoms with Gasteiger partial charge >= 0.3 is 5.97 Å². The molecular weight excluding hydrogens is 284 g/mol. The van der Waals surface area contributed by atoms with Crippen LogP contribution in [0, 0.1) is 0 Å². The number of esters is 1. The predicted molar refractivity (Wildman–Crippen MR) is 85.3 cm³/mol. The molecule has 0 aromatic rings. The van der Waals surface area contributed by atoms with Crippen molar-refractivity contribution in [3.63, 3.8) is 0 Å². The fourth-order valence-electron chi connectivity index (χ4n) is 2.08. The Balaban J connectivity index is 3.31. The summed E-state index contributed by atoms with van der Waals surface area (Å²) in [4.78, 5) is 22.4. The van der Waals surface area contributed by atoms with Crippen LogP contribution in [0.2, 0.25) is 0 Å². The van der Waals surface area contributed by atoms with Crippen LogP contribution in [0.5, 0.6) is 0 Å². The lowest BCUT2D eigenvalue weighted by Gasteiger charge is -2.02. The van der Waals surface area contributed by atoms with Crippen LogP contribution < -0.4 is 0 Å². The third-order valence-electron chi connectivity index (χ3n) is 3.47. The van der Waals surface area contributed by atoms with E-state index in [1.54, 1.807) is 0 Å². The van der Waals surface area contributed by atoms with E-state index in [1.165, 1.54) is 39.2 Å². The largest absolute Gasteiger partial charge is 0.469 e. The number of aliphatic hydroxyl groups excluding tert-OH is 1. The van der Waals surface area contributed by atoms with Gasteiger partial charge in [0.15, 0.2) is 12.1 Å². The summed E-state index contributed by atoms with van der Waals surface area (Å²) in [7, 11) is 2.80. The van der Waals surface area contributed by atoms with E-state index >= 15 is 0 Å². The van der Waals surface area contributed by atoms with Gasteiger partial charge in [-0.1, -0.05) is 38.5 Å². The minimum atomic E-state index is -0.997. The fraction of sp³-hybridized carbons (Fsp3) is 0.765. The maximum atomic E-state index is 11.5. The van der Waals surface area contributed by atoms with Gasteiger partial charge in [-0.2, -0.15) is 0 Å². The Morgan fingerprint density at radius 1 is 0.909 bits per heavy atom. The molecule has 0 radical (unpaired) electrons. The van der Waals surface area contributed by atoms with Crippen LogP contribution in [0.4, 0.5) is 0 Å². The zero-order valence-corrected chi connectivity index (χ0v) is 13.9. The number of hydrogen-bond donors (Lipinski definition) is 1. The minimum absolute atomic E-state index is 0.0268. The summed E-state index contributed by atoms with van der Waals surface area (Å²) in [6.45, 7) is 0. The highest BCUT2D eigenvalue weighted by Gasteiger charge is 2.01. The molecule has 0 amide bonds. The van der Waals surface area contributed by atoms with Crippen molar-refractivity contribution in [3.05, 3.63) is 12.2 Å². The number of allylic oxidation sites excluding steroid dienone is 1. The van der Waals surface area contributed by atoms with Crippen LogP contribution in [-0.4, -0.2) is 37.4 Å². The highest BCUT2D eigenvalue weighted by atomic mass is 16.6. The van der Waals surface area contributed by atoms with E-state index in [4.69, 9.17) is 5.11 Å². The number of hydrogen-bond acceptors (Lipinski definition) is 5. The van der Waals surface area contributed by atoms with Gasteiger partial charge in [0.05, 0.1) is 7.11 Å². The van der Waals surface area contributed by atoms with Crippen LogP contribution in [0.15, 0.2) is 12.2 Å². The van der Waals surface area contributed by atoms with E-state index in [0.717, 1.165) is 38.5 Å². The summed E-state index contributed by atoms with van der Waals surface area (Å²) in [6, 6.07) is 0. The van der Waals surface area contributed by atoms with Crippen LogP contribution in [-0.2, 0) is 19.1 Å². The van der Waals surface area contributed by atoms with Gasteiger partial charge in [0.2, 0.25) is 0 Å². The van der Waals surface area contributed by atoms with Crippen molar-refractivity contribution in [1.82, 2.24) is 0 Å². The molecule has 0 saturated heterocycles. The molecule has 5 nitrogen and oxygen atoms in total. The number of ether oxygens (including phenoxy) is 2. The first kappa shape index (κ1) is 20.8. The van der Waals surface area contributed by atoms with Crippen molar-refractivity contribution in [2.45, 2.75) is 70.5 Å². The molecule has 22 heavy (non-hydrogen) atoms. The van der Waals surface area contributed by atoms with Crippen LogP contribution in [0.25, 0.3) is 0 Å². The highest BCUT2D eigenvalue weighted by molar-refractivity contribution is 5.89. The summed E-state index contributed by atoms with van der Waals surface area (Å²) in [5.41, 5.74) is 0. The highest BCUT2D eigenvalue weighted by Crippen LogP contribution is 2.11. The van der Waals surface area contributed by atoms with E-state index in [2.05, 4.69) is 9.47 Å². The first-order chi connectivity index (χ1) is 10.6. The van der Waals surface area contributed by atoms with Gasteiger partial charge in [-0.15, -0.1) is 0 Å². The number of carbonyl (C=O) groups is 2. The Hall–Kier alpha value is -1.20. The average Bonchev–Trinajstić information content (AvgIpc) is 2.53. The lowest BCUT2D eigenvalue weighted by molar-refractivity contribution is -0.140. The van der Waals surface area contributed by atoms with E-state index in [9.17, 15) is 9.59 Å². The van der Waals surface area contributed by atoms with Crippen molar-refractivity contribution < 1.29 is 24.2 Å². The number of rotatable bonds is 14. The third kappa shape index (κ3) is 13.8. The van der Waals surface area contributed by atoms with Crippen molar-refractivity contribution in [2.24, 2.45) is 0 Å². The second kappa shape index (κ2) is 14.7. The summed E-state index contributed by atoms with van der Waals surface area (Å²) in [5, 5.41) is 9.09. The van der Waals surface area contributed by atoms with Gasteiger partial charge in [0, 0.05) is 20.0 Å². The first-order valence-corrected chi connectivity index (χ1v) is 8.09. The van der Waals surface area contributed by atoms with Crippen molar-refractivity contribution in [1.29, 1.82) is 0 Å². The van der Waals surface area contributed by atoms with Crippen molar-refractivity contribution >= 4 is 11.8 Å². The number of aliphatic hydroxyl groups is 1. The van der Waals surface area contributed by atoms with Crippen molar-refractivity contribution in [3.8, 4) is 0 Å². The molecule has 0 aliphatic heterocycles. The molecule has 1 unspecified atom stereocenters. The zero-order valence-electron chi connectivity index (χ0n) is 13.9. The summed E-state index contributed by atoms with van der Waals surface area (Å²) >= 11 is 0. The quantitative estimate of drug-likeness (QED) is 0.231. The average molecular weight is 314 g/mol. The van der Waals surface area contributed by atoms with E-state index in [1.807, 2.05) is 0 Å². The molecule has 0 aliphatic carbocycles. The van der Waals surface area contributed by atoms with Crippen LogP contribution >= 0.6 is 0 Å². The Labute approximate surface area is 133 Å². The van der Waals surface area contributed by atoms with Gasteiger partial charge in [0.25, 0.3) is 0 Å². The lowest BCUT2D eigenvalue weighted by atomic mass is 10.1. The summed E-state index contributed by atoms with van der Waals surface area (Å²) in [6.07, 6.45) is 11.3. The standard InChI is InChI=1S/C17H30O5/c1-21-16(19)12-10-8-6-4-3-5-7-9-11-15(18)13-14-17(20)22-2/h13-14,17,20H,3-12H2,1-2H3.